The van der Waals surface area contributed by atoms with Crippen LogP contribution in [0.3, 0.4) is 0 Å². The molecule has 0 aromatic heterocycles. The lowest BCUT2D eigenvalue weighted by molar-refractivity contribution is -0.121. The molecular weight excluding hydrogens is 446 g/mol. The molecular formula is C20H18BrNO3S2. The summed E-state index contributed by atoms with van der Waals surface area (Å²) >= 11 is 9.99. The number of halogens is 1. The molecule has 3 rings (SSSR count). The van der Waals surface area contributed by atoms with Gasteiger partial charge in [-0.05, 0) is 48.4 Å². The number of rotatable bonds is 6. The highest BCUT2D eigenvalue weighted by Crippen LogP contribution is 2.34. The van der Waals surface area contributed by atoms with Crippen molar-refractivity contribution in [2.45, 2.75) is 13.5 Å². The topological polar surface area (TPSA) is 38.8 Å². The Morgan fingerprint density at radius 2 is 1.93 bits per heavy atom. The number of nitrogens with zero attached hydrogens (tertiary/aromatic N) is 1. The first kappa shape index (κ1) is 19.9. The zero-order valence-corrected chi connectivity index (χ0v) is 18.1. The van der Waals surface area contributed by atoms with Crippen molar-refractivity contribution in [3.63, 3.8) is 0 Å². The van der Waals surface area contributed by atoms with E-state index in [-0.39, 0.29) is 5.91 Å². The molecule has 0 saturated carbocycles. The van der Waals surface area contributed by atoms with Crippen LogP contribution in [0.15, 0.2) is 51.8 Å². The zero-order chi connectivity index (χ0) is 19.4. The summed E-state index contributed by atoms with van der Waals surface area (Å²) in [7, 11) is 1.60. The highest BCUT2D eigenvalue weighted by molar-refractivity contribution is 9.10. The van der Waals surface area contributed by atoms with Gasteiger partial charge in [0.1, 0.15) is 10.9 Å². The molecule has 1 heterocycles. The van der Waals surface area contributed by atoms with E-state index < -0.39 is 0 Å². The molecule has 4 nitrogen and oxygen atoms in total. The maximum atomic E-state index is 12.3. The van der Waals surface area contributed by atoms with Crippen molar-refractivity contribution in [1.29, 1.82) is 0 Å². The summed E-state index contributed by atoms with van der Waals surface area (Å²) in [6, 6.07) is 13.6. The number of methoxy groups -OCH3 is 1. The van der Waals surface area contributed by atoms with Gasteiger partial charge in [0.2, 0.25) is 0 Å². The molecule has 0 N–H and O–H groups in total. The summed E-state index contributed by atoms with van der Waals surface area (Å²) in [6.07, 6.45) is 1.83. The van der Waals surface area contributed by atoms with Gasteiger partial charge in [0.05, 0.1) is 12.0 Å². The van der Waals surface area contributed by atoms with Crippen LogP contribution < -0.4 is 9.47 Å². The van der Waals surface area contributed by atoms with E-state index in [4.69, 9.17) is 21.7 Å². The number of ether oxygens (including phenoxy) is 2. The molecule has 2 aromatic rings. The Balaban J connectivity index is 1.76. The molecule has 0 unspecified atom stereocenters. The van der Waals surface area contributed by atoms with E-state index in [1.54, 1.807) is 12.0 Å². The van der Waals surface area contributed by atoms with Gasteiger partial charge in [0.15, 0.2) is 11.5 Å². The predicted molar refractivity (Wildman–Crippen MR) is 117 cm³/mol. The number of hydrogen-bond acceptors (Lipinski definition) is 5. The van der Waals surface area contributed by atoms with Gasteiger partial charge in [-0.2, -0.15) is 0 Å². The molecule has 140 valence electrons. The van der Waals surface area contributed by atoms with Gasteiger partial charge in [0, 0.05) is 11.0 Å². The summed E-state index contributed by atoms with van der Waals surface area (Å²) < 4.78 is 13.0. The lowest BCUT2D eigenvalue weighted by atomic mass is 10.1. The molecule has 0 bridgehead atoms. The molecule has 0 spiro atoms. The van der Waals surface area contributed by atoms with Gasteiger partial charge < -0.3 is 9.47 Å². The number of benzene rings is 2. The SMILES string of the molecule is CCN1C(=O)C(=Cc2ccc(OCc3ccc(Br)cc3)c(OC)c2)SC1=S. The van der Waals surface area contributed by atoms with Gasteiger partial charge in [0.25, 0.3) is 5.91 Å². The lowest BCUT2D eigenvalue weighted by Gasteiger charge is -2.12. The molecule has 0 aliphatic carbocycles. The Labute approximate surface area is 176 Å². The molecule has 1 fully saturated rings. The first-order valence-corrected chi connectivity index (χ1v) is 10.3. The van der Waals surface area contributed by atoms with Crippen molar-refractivity contribution < 1.29 is 14.3 Å². The van der Waals surface area contributed by atoms with E-state index in [1.807, 2.05) is 55.5 Å². The fourth-order valence-electron chi connectivity index (χ4n) is 2.56. The van der Waals surface area contributed by atoms with Crippen molar-refractivity contribution in [3.8, 4) is 11.5 Å². The van der Waals surface area contributed by atoms with Crippen LogP contribution in [0.4, 0.5) is 0 Å². The summed E-state index contributed by atoms with van der Waals surface area (Å²) in [5.41, 5.74) is 1.92. The van der Waals surface area contributed by atoms with E-state index in [9.17, 15) is 4.79 Å². The van der Waals surface area contributed by atoms with Crippen molar-refractivity contribution in [2.75, 3.05) is 13.7 Å². The first-order chi connectivity index (χ1) is 13.0. The lowest BCUT2D eigenvalue weighted by Crippen LogP contribution is -2.27. The molecule has 1 aliphatic heterocycles. The van der Waals surface area contributed by atoms with E-state index in [2.05, 4.69) is 15.9 Å². The maximum Gasteiger partial charge on any atom is 0.266 e. The molecule has 1 saturated heterocycles. The fourth-order valence-corrected chi connectivity index (χ4v) is 4.21. The normalized spacial score (nSPS) is 15.5. The highest BCUT2D eigenvalue weighted by atomic mass is 79.9. The Morgan fingerprint density at radius 1 is 1.19 bits per heavy atom. The number of carbonyl (C=O) groups is 1. The summed E-state index contributed by atoms with van der Waals surface area (Å²) in [5, 5.41) is 0. The molecule has 1 amide bonds. The predicted octanol–water partition coefficient (Wildman–Crippen LogP) is 5.26. The Bertz CT molecular complexity index is 897. The Kier molecular flexibility index (Phi) is 6.57. The molecule has 1 aliphatic rings. The second-order valence-corrected chi connectivity index (χ2v) is 8.34. The summed E-state index contributed by atoms with van der Waals surface area (Å²) in [5.74, 6) is 1.22. The van der Waals surface area contributed by atoms with Crippen molar-refractivity contribution >= 4 is 56.2 Å². The quantitative estimate of drug-likeness (QED) is 0.431. The largest absolute Gasteiger partial charge is 0.493 e. The molecule has 2 aromatic carbocycles. The smallest absolute Gasteiger partial charge is 0.266 e. The van der Waals surface area contributed by atoms with Crippen LogP contribution in [0.2, 0.25) is 0 Å². The van der Waals surface area contributed by atoms with Gasteiger partial charge in [-0.15, -0.1) is 0 Å². The van der Waals surface area contributed by atoms with E-state index in [0.29, 0.717) is 33.9 Å². The monoisotopic (exact) mass is 463 g/mol. The minimum Gasteiger partial charge on any atom is -0.493 e. The standard InChI is InChI=1S/C20H18BrNO3S2/c1-3-22-19(23)18(27-20(22)26)11-14-6-9-16(17(10-14)24-2)25-12-13-4-7-15(21)8-5-13/h4-11H,3,12H2,1-2H3. The first-order valence-electron chi connectivity index (χ1n) is 8.32. The number of hydrogen-bond donors (Lipinski definition) is 0. The second-order valence-electron chi connectivity index (χ2n) is 5.75. The van der Waals surface area contributed by atoms with Crippen LogP contribution in [-0.4, -0.2) is 28.8 Å². The fraction of sp³-hybridized carbons (Fsp3) is 0.200. The van der Waals surface area contributed by atoms with Crippen LogP contribution in [0.25, 0.3) is 6.08 Å². The van der Waals surface area contributed by atoms with E-state index in [0.717, 1.165) is 15.6 Å². The number of carbonyl (C=O) groups excluding carboxylic acids is 1. The Morgan fingerprint density at radius 3 is 2.56 bits per heavy atom. The van der Waals surface area contributed by atoms with Crippen molar-refractivity contribution in [1.82, 2.24) is 4.90 Å². The Hall–Kier alpha value is -1.83. The van der Waals surface area contributed by atoms with Crippen LogP contribution in [0, 0.1) is 0 Å². The maximum absolute atomic E-state index is 12.3. The van der Waals surface area contributed by atoms with E-state index in [1.165, 1.54) is 11.8 Å². The number of thioether (sulfide) groups is 1. The van der Waals surface area contributed by atoms with Gasteiger partial charge >= 0.3 is 0 Å². The molecule has 27 heavy (non-hydrogen) atoms. The summed E-state index contributed by atoms with van der Waals surface area (Å²) in [6.45, 7) is 2.93. The second kappa shape index (κ2) is 8.91. The van der Waals surface area contributed by atoms with Crippen molar-refractivity contribution in [2.24, 2.45) is 0 Å². The minimum absolute atomic E-state index is 0.0537. The van der Waals surface area contributed by atoms with E-state index >= 15 is 0 Å². The average Bonchev–Trinajstić information content (AvgIpc) is 2.94. The highest BCUT2D eigenvalue weighted by Gasteiger charge is 2.30. The molecule has 0 radical (unpaired) electrons. The van der Waals surface area contributed by atoms with Gasteiger partial charge in [-0.3, -0.25) is 9.69 Å². The van der Waals surface area contributed by atoms with Crippen LogP contribution in [-0.2, 0) is 11.4 Å². The number of likely N-dealkylation sites (N-methyl/N-ethyl adjacent to an activating group) is 1. The number of thiocarbonyl (C=S) groups is 1. The molecule has 7 heteroatoms. The number of amides is 1. The van der Waals surface area contributed by atoms with Crippen LogP contribution >= 0.6 is 39.9 Å². The van der Waals surface area contributed by atoms with Crippen LogP contribution in [0.1, 0.15) is 18.1 Å². The van der Waals surface area contributed by atoms with Gasteiger partial charge in [-0.1, -0.05) is 58.1 Å². The third-order valence-corrected chi connectivity index (χ3v) is 5.89. The van der Waals surface area contributed by atoms with Crippen molar-refractivity contribution in [3.05, 3.63) is 63.0 Å². The third kappa shape index (κ3) is 4.72. The summed E-state index contributed by atoms with van der Waals surface area (Å²) in [4.78, 5) is 14.6. The average molecular weight is 464 g/mol. The molecule has 0 atom stereocenters. The zero-order valence-electron chi connectivity index (χ0n) is 14.9. The minimum atomic E-state index is -0.0537. The van der Waals surface area contributed by atoms with Gasteiger partial charge in [-0.25, -0.2) is 0 Å². The van der Waals surface area contributed by atoms with Crippen LogP contribution in [0.5, 0.6) is 11.5 Å². The third-order valence-electron chi connectivity index (χ3n) is 3.98.